The van der Waals surface area contributed by atoms with Crippen molar-refractivity contribution in [3.63, 3.8) is 0 Å². The van der Waals surface area contributed by atoms with Gasteiger partial charge in [0, 0.05) is 25.9 Å². The number of ether oxygens (including phenoxy) is 3. The molecule has 2 aliphatic rings. The summed E-state index contributed by atoms with van der Waals surface area (Å²) in [6.07, 6.45) is 52.2. The van der Waals surface area contributed by atoms with Gasteiger partial charge < -0.3 is 19.1 Å². The van der Waals surface area contributed by atoms with E-state index in [1.165, 1.54) is 128 Å². The van der Waals surface area contributed by atoms with Crippen LogP contribution in [0.15, 0.2) is 78.9 Å². The van der Waals surface area contributed by atoms with Crippen molar-refractivity contribution in [2.24, 2.45) is 0 Å². The van der Waals surface area contributed by atoms with Crippen LogP contribution in [0.25, 0.3) is 0 Å². The summed E-state index contributed by atoms with van der Waals surface area (Å²) in [6, 6.07) is 9.92. The number of amides is 1. The predicted octanol–water partition coefficient (Wildman–Crippen LogP) is 15.3. The first-order valence-corrected chi connectivity index (χ1v) is 23.5. The molecule has 1 spiro atoms. The molecule has 2 saturated heterocycles. The summed E-state index contributed by atoms with van der Waals surface area (Å²) in [6.45, 7) is 6.79. The van der Waals surface area contributed by atoms with Crippen molar-refractivity contribution in [1.82, 2.24) is 4.90 Å². The van der Waals surface area contributed by atoms with E-state index < -0.39 is 5.79 Å². The van der Waals surface area contributed by atoms with Gasteiger partial charge in [0.1, 0.15) is 6.61 Å². The number of allylic oxidation sites excluding steroid dienone is 8. The lowest BCUT2D eigenvalue weighted by atomic mass is 9.92. The van der Waals surface area contributed by atoms with Gasteiger partial charge in [-0.1, -0.05) is 170 Å². The van der Waals surface area contributed by atoms with Gasteiger partial charge >= 0.3 is 6.09 Å². The Labute approximate surface area is 344 Å². The maximum Gasteiger partial charge on any atom is 0.410 e. The normalized spacial score (nSPS) is 16.8. The molecule has 0 unspecified atom stereocenters. The van der Waals surface area contributed by atoms with E-state index in [4.69, 9.17) is 14.2 Å². The van der Waals surface area contributed by atoms with Crippen LogP contribution in [0.4, 0.5) is 4.79 Å². The van der Waals surface area contributed by atoms with Crippen LogP contribution in [0.5, 0.6) is 0 Å². The van der Waals surface area contributed by atoms with Crippen molar-refractivity contribution < 1.29 is 19.0 Å². The van der Waals surface area contributed by atoms with Crippen LogP contribution in [0.2, 0.25) is 0 Å². The third-order valence-corrected chi connectivity index (χ3v) is 11.7. The molecule has 0 N–H and O–H groups in total. The van der Waals surface area contributed by atoms with Crippen molar-refractivity contribution in [2.45, 2.75) is 212 Å². The largest absolute Gasteiger partial charge is 0.445 e. The molecule has 2 heterocycles. The molecule has 0 radical (unpaired) electrons. The van der Waals surface area contributed by atoms with Gasteiger partial charge in [-0.3, -0.25) is 0 Å². The Morgan fingerprint density at radius 3 is 1.54 bits per heavy atom. The Balaban J connectivity index is 1.34. The molecule has 56 heavy (non-hydrogen) atoms. The van der Waals surface area contributed by atoms with Crippen LogP contribution in [-0.4, -0.2) is 42.1 Å². The van der Waals surface area contributed by atoms with Gasteiger partial charge in [0.15, 0.2) is 5.79 Å². The predicted molar refractivity (Wildman–Crippen MR) is 238 cm³/mol. The molecule has 1 aromatic carbocycles. The Bertz CT molecular complexity index is 1160. The Kier molecular flexibility index (Phi) is 26.7. The minimum atomic E-state index is -0.472. The summed E-state index contributed by atoms with van der Waals surface area (Å²) in [5.41, 5.74) is 0.729. The van der Waals surface area contributed by atoms with Crippen LogP contribution in [0, 0.1) is 0 Å². The molecule has 1 aromatic rings. The first-order valence-electron chi connectivity index (χ1n) is 23.5. The quantitative estimate of drug-likeness (QED) is 0.0540. The van der Waals surface area contributed by atoms with Gasteiger partial charge in [-0.05, 0) is 95.5 Å². The fourth-order valence-electron chi connectivity index (χ4n) is 8.01. The van der Waals surface area contributed by atoms with Crippen molar-refractivity contribution in [2.75, 3.05) is 19.7 Å². The molecule has 0 aliphatic carbocycles. The van der Waals surface area contributed by atoms with Crippen LogP contribution in [-0.2, 0) is 20.8 Å². The molecule has 5 nitrogen and oxygen atoms in total. The van der Waals surface area contributed by atoms with E-state index in [0.29, 0.717) is 26.3 Å². The molecular weight excluding hydrogens is 691 g/mol. The van der Waals surface area contributed by atoms with Crippen molar-refractivity contribution in [3.05, 3.63) is 84.5 Å². The van der Waals surface area contributed by atoms with E-state index in [-0.39, 0.29) is 11.7 Å². The summed E-state index contributed by atoms with van der Waals surface area (Å²) in [5, 5.41) is 0. The molecule has 1 amide bonds. The highest BCUT2D eigenvalue weighted by Crippen LogP contribution is 2.44. The third kappa shape index (κ3) is 21.8. The van der Waals surface area contributed by atoms with Gasteiger partial charge in [0.25, 0.3) is 0 Å². The summed E-state index contributed by atoms with van der Waals surface area (Å²) in [7, 11) is 0. The Morgan fingerprint density at radius 2 is 1.05 bits per heavy atom. The van der Waals surface area contributed by atoms with E-state index in [1.807, 2.05) is 35.2 Å². The van der Waals surface area contributed by atoms with Crippen LogP contribution in [0.1, 0.15) is 199 Å². The summed E-state index contributed by atoms with van der Waals surface area (Å²) in [4.78, 5) is 14.7. The number of likely N-dealkylation sites (tertiary alicyclic amines) is 1. The molecule has 316 valence electrons. The molecular formula is C51H83NO4. The van der Waals surface area contributed by atoms with Crippen LogP contribution >= 0.6 is 0 Å². The molecule has 2 fully saturated rings. The Hall–Kier alpha value is -2.63. The SMILES string of the molecule is CCCCC/C=C\C/C=C\CCCCCCCCC1(CCCCCCCC/C=C\C/C=C\CCCCC)OCC2(CCN(C(=O)OCc3ccccc3)CC2)O1. The highest BCUT2D eigenvalue weighted by molar-refractivity contribution is 5.67. The van der Waals surface area contributed by atoms with Crippen molar-refractivity contribution in [1.29, 1.82) is 0 Å². The van der Waals surface area contributed by atoms with E-state index in [1.54, 1.807) is 0 Å². The maximum absolute atomic E-state index is 12.9. The van der Waals surface area contributed by atoms with Crippen molar-refractivity contribution in [3.8, 4) is 0 Å². The number of piperidine rings is 1. The van der Waals surface area contributed by atoms with E-state index >= 15 is 0 Å². The minimum absolute atomic E-state index is 0.225. The number of rotatable bonds is 32. The van der Waals surface area contributed by atoms with E-state index in [9.17, 15) is 4.79 Å². The van der Waals surface area contributed by atoms with Gasteiger partial charge in [0.05, 0.1) is 12.2 Å². The van der Waals surface area contributed by atoms with Gasteiger partial charge in [-0.2, -0.15) is 0 Å². The number of hydrogen-bond donors (Lipinski definition) is 0. The lowest BCUT2D eigenvalue weighted by molar-refractivity contribution is -0.203. The molecule has 3 rings (SSSR count). The van der Waals surface area contributed by atoms with Gasteiger partial charge in [-0.15, -0.1) is 0 Å². The zero-order valence-electron chi connectivity index (χ0n) is 36.2. The van der Waals surface area contributed by atoms with E-state index in [2.05, 4.69) is 62.5 Å². The maximum atomic E-state index is 12.9. The summed E-state index contributed by atoms with van der Waals surface area (Å²) < 4.78 is 19.4. The van der Waals surface area contributed by atoms with Gasteiger partial charge in [0.2, 0.25) is 0 Å². The minimum Gasteiger partial charge on any atom is -0.445 e. The molecule has 0 atom stereocenters. The molecule has 2 aliphatic heterocycles. The second-order valence-electron chi connectivity index (χ2n) is 16.7. The lowest BCUT2D eigenvalue weighted by Gasteiger charge is -2.39. The molecule has 0 aromatic heterocycles. The molecule has 5 heteroatoms. The highest BCUT2D eigenvalue weighted by Gasteiger charge is 2.51. The second-order valence-corrected chi connectivity index (χ2v) is 16.7. The number of carbonyl (C=O) groups is 1. The lowest BCUT2D eigenvalue weighted by Crippen LogP contribution is -2.49. The fourth-order valence-corrected chi connectivity index (χ4v) is 8.01. The van der Waals surface area contributed by atoms with Gasteiger partial charge in [-0.25, -0.2) is 4.79 Å². The average Bonchev–Trinajstić information content (AvgIpc) is 3.57. The summed E-state index contributed by atoms with van der Waals surface area (Å²) in [5.74, 6) is -0.472. The number of hydrogen-bond acceptors (Lipinski definition) is 4. The van der Waals surface area contributed by atoms with Crippen LogP contribution < -0.4 is 0 Å². The number of carbonyl (C=O) groups excluding carboxylic acids is 1. The van der Waals surface area contributed by atoms with Crippen LogP contribution in [0.3, 0.4) is 0 Å². The standard InChI is InChI=1S/C51H83NO4/c1-3-5-7-9-11-13-15-17-19-21-23-25-27-29-31-36-40-51(41-37-32-30-28-26-24-22-20-18-16-14-12-10-8-6-4-2)55-47-50(56-51)42-44-52(45-43-50)49(53)54-46-48-38-34-33-35-39-48/h11-14,17-20,33-35,38-39H,3-10,15-16,21-32,36-37,40-47H2,1-2H3/b13-11-,14-12-,19-17-,20-18-. The fraction of sp³-hybridized carbons (Fsp3) is 0.706. The first-order chi connectivity index (χ1) is 27.6. The monoisotopic (exact) mass is 774 g/mol. The zero-order valence-corrected chi connectivity index (χ0v) is 36.2. The number of unbranched alkanes of at least 4 members (excludes halogenated alkanes) is 18. The van der Waals surface area contributed by atoms with E-state index in [0.717, 1.165) is 56.9 Å². The summed E-state index contributed by atoms with van der Waals surface area (Å²) >= 11 is 0. The smallest absolute Gasteiger partial charge is 0.410 e. The average molecular weight is 774 g/mol. The topological polar surface area (TPSA) is 48.0 Å². The number of nitrogens with zero attached hydrogens (tertiary/aromatic N) is 1. The zero-order chi connectivity index (χ0) is 39.7. The highest BCUT2D eigenvalue weighted by atomic mass is 16.8. The Morgan fingerprint density at radius 1 is 0.607 bits per heavy atom. The first kappa shape index (κ1) is 47.7. The molecule has 0 bridgehead atoms. The molecule has 0 saturated carbocycles. The van der Waals surface area contributed by atoms with Crippen molar-refractivity contribution >= 4 is 6.09 Å². The third-order valence-electron chi connectivity index (χ3n) is 11.7. The second kappa shape index (κ2) is 31.4. The number of benzene rings is 1.